The van der Waals surface area contributed by atoms with Gasteiger partial charge in [-0.3, -0.25) is 23.2 Å². The summed E-state index contributed by atoms with van der Waals surface area (Å²) in [6.07, 6.45) is 40.8. The van der Waals surface area contributed by atoms with Crippen LogP contribution in [-0.4, -0.2) is 56.2 Å². The van der Waals surface area contributed by atoms with Gasteiger partial charge in [0.25, 0.3) is 0 Å². The zero-order chi connectivity index (χ0) is 37.1. The Morgan fingerprint density at radius 1 is 0.490 bits per heavy atom. The highest BCUT2D eigenvalue weighted by atomic mass is 32.3. The van der Waals surface area contributed by atoms with Crippen LogP contribution in [-0.2, 0) is 24.2 Å². The Labute approximate surface area is 305 Å². The van der Waals surface area contributed by atoms with Crippen LogP contribution in [0.3, 0.4) is 0 Å². The molecular weight excluding hydrogens is 635 g/mol. The quantitative estimate of drug-likeness (QED) is 0.0391. The van der Waals surface area contributed by atoms with E-state index in [1.165, 1.54) is 167 Å². The Hall–Kier alpha value is -0.830. The molecule has 0 atom stereocenters. The van der Waals surface area contributed by atoms with Crippen LogP contribution in [0.2, 0.25) is 0 Å². The second-order valence-corrected chi connectivity index (χ2v) is 16.0. The first-order chi connectivity index (χ1) is 23.5. The van der Waals surface area contributed by atoms with Gasteiger partial charge in [-0.15, -0.1) is 0 Å². The fraction of sp³-hybridized carbons (Fsp3) is 0.951. The lowest BCUT2D eigenvalue weighted by Gasteiger charge is -2.33. The highest BCUT2D eigenvalue weighted by molar-refractivity contribution is 7.80. The van der Waals surface area contributed by atoms with Gasteiger partial charge in [0.1, 0.15) is 5.54 Å². The van der Waals surface area contributed by atoms with E-state index in [1.807, 2.05) is 25.9 Å². The van der Waals surface area contributed by atoms with E-state index >= 15 is 0 Å². The number of Topliss-reactive ketones (excluding diaryl/α,β-unsaturated/α-hetero) is 2. The minimum Gasteiger partial charge on any atom is -0.297 e. The molecule has 0 fully saturated rings. The number of nitrogens with zero attached hydrogens (tertiary/aromatic N) is 1. The molecule has 7 nitrogen and oxygen atoms in total. The van der Waals surface area contributed by atoms with Gasteiger partial charge < -0.3 is 0 Å². The molecule has 0 heterocycles. The van der Waals surface area contributed by atoms with Crippen LogP contribution in [0.25, 0.3) is 0 Å². The number of ketones is 2. The maximum absolute atomic E-state index is 13.2. The van der Waals surface area contributed by atoms with Gasteiger partial charge in [-0.05, 0) is 33.9 Å². The first-order valence-corrected chi connectivity index (χ1v) is 22.1. The fourth-order valence-electron chi connectivity index (χ4n) is 6.45. The Morgan fingerprint density at radius 2 is 0.673 bits per heavy atom. The third-order valence-corrected chi connectivity index (χ3v) is 10.6. The van der Waals surface area contributed by atoms with E-state index in [0.29, 0.717) is 12.8 Å². The van der Waals surface area contributed by atoms with Gasteiger partial charge in [-0.25, -0.2) is 0 Å². The minimum absolute atomic E-state index is 0.123. The molecule has 8 heteroatoms. The summed E-state index contributed by atoms with van der Waals surface area (Å²) in [6.45, 7) is 6.44. The summed E-state index contributed by atoms with van der Waals surface area (Å²) in [7, 11) is 0.503. The predicted octanol–water partition coefficient (Wildman–Crippen LogP) is 12.4. The summed E-state index contributed by atoms with van der Waals surface area (Å²) < 4.78 is 29.7. The monoisotopic (exact) mass is 718 g/mol. The average molecular weight is 718 g/mol. The molecule has 0 bridgehead atoms. The van der Waals surface area contributed by atoms with Crippen LogP contribution in [0, 0.1) is 0 Å². The molecule has 0 aromatic rings. The SMILES string of the molecule is CCCCCCCCCCCCCCCCCC(=O)C(C)(C(=O)CCCCCCCCCCCCCCCCC)N(C)C.COS(=O)(=O)O. The van der Waals surface area contributed by atoms with Gasteiger partial charge in [-0.2, -0.15) is 8.42 Å². The number of hydrogen-bond acceptors (Lipinski definition) is 6. The van der Waals surface area contributed by atoms with Crippen molar-refractivity contribution in [3.05, 3.63) is 0 Å². The highest BCUT2D eigenvalue weighted by Crippen LogP contribution is 2.23. The summed E-state index contributed by atoms with van der Waals surface area (Å²) in [5, 5.41) is 0. The van der Waals surface area contributed by atoms with Crippen molar-refractivity contribution in [3.8, 4) is 0 Å². The topological polar surface area (TPSA) is 101 Å². The van der Waals surface area contributed by atoms with E-state index < -0.39 is 15.9 Å². The molecule has 0 rings (SSSR count). The molecule has 0 spiro atoms. The lowest BCUT2D eigenvalue weighted by atomic mass is 9.84. The zero-order valence-electron chi connectivity index (χ0n) is 33.5. The summed E-state index contributed by atoms with van der Waals surface area (Å²) in [5.74, 6) is 0.247. The van der Waals surface area contributed by atoms with Gasteiger partial charge in [0.2, 0.25) is 0 Å². The Morgan fingerprint density at radius 3 is 0.837 bits per heavy atom. The molecule has 49 heavy (non-hydrogen) atoms. The molecule has 0 aliphatic carbocycles. The second-order valence-electron chi connectivity index (χ2n) is 14.8. The van der Waals surface area contributed by atoms with Gasteiger partial charge in [0, 0.05) is 12.8 Å². The maximum Gasteiger partial charge on any atom is 0.397 e. The molecular formula is C41H83NO6S. The third-order valence-electron chi connectivity index (χ3n) is 10.2. The van der Waals surface area contributed by atoms with E-state index in [4.69, 9.17) is 4.55 Å². The molecule has 0 amide bonds. The zero-order valence-corrected chi connectivity index (χ0v) is 34.3. The molecule has 0 aliphatic heterocycles. The Balaban J connectivity index is 0. The van der Waals surface area contributed by atoms with E-state index in [-0.39, 0.29) is 11.6 Å². The predicted molar refractivity (Wildman–Crippen MR) is 210 cm³/mol. The first-order valence-electron chi connectivity index (χ1n) is 20.7. The third kappa shape index (κ3) is 32.8. The molecule has 0 aromatic heterocycles. The number of unbranched alkanes of at least 4 members (excludes halogenated alkanes) is 28. The summed E-state index contributed by atoms with van der Waals surface area (Å²) >= 11 is 0. The smallest absolute Gasteiger partial charge is 0.297 e. The van der Waals surface area contributed by atoms with Gasteiger partial charge in [-0.1, -0.05) is 194 Å². The molecule has 0 saturated heterocycles. The van der Waals surface area contributed by atoms with E-state index in [2.05, 4.69) is 18.0 Å². The largest absolute Gasteiger partial charge is 0.397 e. The molecule has 0 aromatic carbocycles. The number of hydrogen-bond donors (Lipinski definition) is 1. The lowest BCUT2D eigenvalue weighted by Crippen LogP contribution is -2.54. The van der Waals surface area contributed by atoms with E-state index in [0.717, 1.165) is 32.8 Å². The Kier molecular flexibility index (Phi) is 36.5. The van der Waals surface area contributed by atoms with E-state index in [9.17, 15) is 18.0 Å². The molecule has 0 unspecified atom stereocenters. The normalized spacial score (nSPS) is 11.9. The van der Waals surface area contributed by atoms with E-state index in [1.54, 1.807) is 0 Å². The molecule has 294 valence electrons. The average Bonchev–Trinajstić information content (AvgIpc) is 3.07. The van der Waals surface area contributed by atoms with Crippen molar-refractivity contribution >= 4 is 22.0 Å². The minimum atomic E-state index is -4.16. The number of rotatable bonds is 36. The second kappa shape index (κ2) is 35.6. The van der Waals surface area contributed by atoms with Gasteiger partial charge in [0.15, 0.2) is 11.6 Å². The summed E-state index contributed by atoms with van der Waals surface area (Å²) in [4.78, 5) is 28.2. The summed E-state index contributed by atoms with van der Waals surface area (Å²) in [5.41, 5.74) is -0.952. The van der Waals surface area contributed by atoms with Crippen molar-refractivity contribution in [2.75, 3.05) is 21.2 Å². The number of carbonyl (C=O) groups excluding carboxylic acids is 2. The van der Waals surface area contributed by atoms with Crippen LogP contribution in [0.4, 0.5) is 0 Å². The van der Waals surface area contributed by atoms with Crippen LogP contribution < -0.4 is 0 Å². The van der Waals surface area contributed by atoms with Crippen LogP contribution >= 0.6 is 0 Å². The number of carbonyl (C=O) groups is 2. The number of likely N-dealkylation sites (N-methyl/N-ethyl adjacent to an activating group) is 1. The fourth-order valence-corrected chi connectivity index (χ4v) is 6.45. The molecule has 0 radical (unpaired) electrons. The molecule has 1 N–H and O–H groups in total. The first kappa shape index (κ1) is 50.3. The maximum atomic E-state index is 13.2. The van der Waals surface area contributed by atoms with Crippen LogP contribution in [0.15, 0.2) is 0 Å². The molecule has 0 aliphatic rings. The van der Waals surface area contributed by atoms with Crippen molar-refractivity contribution in [2.24, 2.45) is 0 Å². The Bertz CT molecular complexity index is 799. The molecule has 0 saturated carbocycles. The summed E-state index contributed by atoms with van der Waals surface area (Å²) in [6, 6.07) is 0. The van der Waals surface area contributed by atoms with Gasteiger partial charge >= 0.3 is 10.4 Å². The van der Waals surface area contributed by atoms with Crippen molar-refractivity contribution in [3.63, 3.8) is 0 Å². The highest BCUT2D eigenvalue weighted by Gasteiger charge is 2.41. The van der Waals surface area contributed by atoms with Crippen LogP contribution in [0.5, 0.6) is 0 Å². The van der Waals surface area contributed by atoms with Crippen LogP contribution in [0.1, 0.15) is 226 Å². The lowest BCUT2D eigenvalue weighted by molar-refractivity contribution is -0.141. The van der Waals surface area contributed by atoms with Crippen molar-refractivity contribution in [1.82, 2.24) is 4.90 Å². The van der Waals surface area contributed by atoms with Crippen molar-refractivity contribution < 1.29 is 26.7 Å². The van der Waals surface area contributed by atoms with Gasteiger partial charge in [0.05, 0.1) is 7.11 Å². The van der Waals surface area contributed by atoms with Crippen molar-refractivity contribution in [1.29, 1.82) is 0 Å². The standard InChI is InChI=1S/C40H79NO2.CH4O4S/c1-6-8-10-12-14-16-18-20-22-24-26-28-30-32-34-36-38(42)40(3,41(4)5)39(43)37-35-33-31-29-27-25-23-21-19-17-15-13-11-9-7-2;1-5-6(2,3)4/h6-37H2,1-5H3;1H3,(H,2,3,4). The van der Waals surface area contributed by atoms with Crippen molar-refractivity contribution in [2.45, 2.75) is 232 Å².